The van der Waals surface area contributed by atoms with Gasteiger partial charge in [0.25, 0.3) is 0 Å². The van der Waals surface area contributed by atoms with E-state index in [0.717, 1.165) is 19.5 Å². The van der Waals surface area contributed by atoms with E-state index >= 15 is 0 Å². The van der Waals surface area contributed by atoms with Crippen molar-refractivity contribution in [3.8, 4) is 6.07 Å². The highest BCUT2D eigenvalue weighted by Crippen LogP contribution is 2.16. The SMILES string of the molecule is CC1CCNCC1OCCS(=O)(=O)c1ccc(C#N)cc1. The third-order valence-corrected chi connectivity index (χ3v) is 5.48. The Morgan fingerprint density at radius 2 is 2.10 bits per heavy atom. The number of nitrogens with zero attached hydrogens (tertiary/aromatic N) is 1. The molecule has 1 saturated heterocycles. The van der Waals surface area contributed by atoms with Crippen LogP contribution in [0.4, 0.5) is 0 Å². The van der Waals surface area contributed by atoms with Crippen LogP contribution in [0.25, 0.3) is 0 Å². The Morgan fingerprint density at radius 3 is 2.71 bits per heavy atom. The fraction of sp³-hybridized carbons (Fsp3) is 0.533. The van der Waals surface area contributed by atoms with Crippen molar-refractivity contribution in [2.24, 2.45) is 5.92 Å². The summed E-state index contributed by atoms with van der Waals surface area (Å²) in [6, 6.07) is 7.94. The fourth-order valence-corrected chi connectivity index (χ4v) is 3.45. The summed E-state index contributed by atoms with van der Waals surface area (Å²) < 4.78 is 30.1. The van der Waals surface area contributed by atoms with Gasteiger partial charge in [-0.25, -0.2) is 8.42 Å². The molecule has 1 aliphatic rings. The van der Waals surface area contributed by atoms with Crippen LogP contribution in [0, 0.1) is 17.2 Å². The molecule has 1 aromatic rings. The molecule has 6 heteroatoms. The van der Waals surface area contributed by atoms with Gasteiger partial charge in [-0.15, -0.1) is 0 Å². The number of hydrogen-bond acceptors (Lipinski definition) is 5. The predicted octanol–water partition coefficient (Wildman–Crippen LogP) is 1.35. The van der Waals surface area contributed by atoms with Crippen LogP contribution in [-0.2, 0) is 14.6 Å². The molecule has 1 N–H and O–H groups in total. The summed E-state index contributed by atoms with van der Waals surface area (Å²) >= 11 is 0. The van der Waals surface area contributed by atoms with Crippen LogP contribution in [0.1, 0.15) is 18.9 Å². The first-order chi connectivity index (χ1) is 10.0. The Morgan fingerprint density at radius 1 is 1.38 bits per heavy atom. The van der Waals surface area contributed by atoms with Crippen molar-refractivity contribution >= 4 is 9.84 Å². The van der Waals surface area contributed by atoms with E-state index in [1.165, 1.54) is 24.3 Å². The first kappa shape index (κ1) is 16.0. The molecule has 2 rings (SSSR count). The smallest absolute Gasteiger partial charge is 0.180 e. The van der Waals surface area contributed by atoms with Gasteiger partial charge in [0.15, 0.2) is 9.84 Å². The number of piperidine rings is 1. The van der Waals surface area contributed by atoms with Crippen molar-refractivity contribution in [2.45, 2.75) is 24.3 Å². The van der Waals surface area contributed by atoms with E-state index in [2.05, 4.69) is 12.2 Å². The van der Waals surface area contributed by atoms with Crippen LogP contribution >= 0.6 is 0 Å². The molecule has 114 valence electrons. The van der Waals surface area contributed by atoms with Crippen LogP contribution in [0.5, 0.6) is 0 Å². The van der Waals surface area contributed by atoms with Crippen LogP contribution in [0.15, 0.2) is 29.2 Å². The molecule has 0 amide bonds. The number of rotatable bonds is 5. The molecule has 21 heavy (non-hydrogen) atoms. The van der Waals surface area contributed by atoms with Gasteiger partial charge in [0.05, 0.1) is 35.0 Å². The molecule has 1 heterocycles. The maximum atomic E-state index is 12.2. The summed E-state index contributed by atoms with van der Waals surface area (Å²) in [5.41, 5.74) is 0.451. The topological polar surface area (TPSA) is 79.2 Å². The maximum Gasteiger partial charge on any atom is 0.180 e. The summed E-state index contributed by atoms with van der Waals surface area (Å²) in [6.45, 7) is 4.09. The van der Waals surface area contributed by atoms with E-state index in [0.29, 0.717) is 11.5 Å². The van der Waals surface area contributed by atoms with Gasteiger partial charge < -0.3 is 10.1 Å². The zero-order valence-electron chi connectivity index (χ0n) is 12.1. The van der Waals surface area contributed by atoms with Crippen LogP contribution in [0.2, 0.25) is 0 Å². The minimum Gasteiger partial charge on any atom is -0.376 e. The van der Waals surface area contributed by atoms with E-state index in [9.17, 15) is 8.42 Å². The lowest BCUT2D eigenvalue weighted by atomic mass is 9.97. The van der Waals surface area contributed by atoms with Gasteiger partial charge in [-0.05, 0) is 43.1 Å². The molecule has 1 aromatic carbocycles. The van der Waals surface area contributed by atoms with E-state index < -0.39 is 9.84 Å². The third kappa shape index (κ3) is 4.27. The lowest BCUT2D eigenvalue weighted by Gasteiger charge is -2.29. The van der Waals surface area contributed by atoms with Crippen molar-refractivity contribution in [3.05, 3.63) is 29.8 Å². The molecular weight excluding hydrogens is 288 g/mol. The largest absolute Gasteiger partial charge is 0.376 e. The number of nitrogens with one attached hydrogen (secondary N) is 1. The maximum absolute atomic E-state index is 12.2. The number of benzene rings is 1. The zero-order valence-corrected chi connectivity index (χ0v) is 12.9. The predicted molar refractivity (Wildman–Crippen MR) is 79.6 cm³/mol. The molecule has 0 aliphatic carbocycles. The molecule has 5 nitrogen and oxygen atoms in total. The van der Waals surface area contributed by atoms with Crippen molar-refractivity contribution in [2.75, 3.05) is 25.4 Å². The van der Waals surface area contributed by atoms with Crippen molar-refractivity contribution < 1.29 is 13.2 Å². The minimum absolute atomic E-state index is 0.0396. The van der Waals surface area contributed by atoms with Gasteiger partial charge in [-0.1, -0.05) is 6.92 Å². The Balaban J connectivity index is 1.90. The van der Waals surface area contributed by atoms with E-state index in [1.54, 1.807) is 0 Å². The van der Waals surface area contributed by atoms with Crippen molar-refractivity contribution in [3.63, 3.8) is 0 Å². The van der Waals surface area contributed by atoms with Gasteiger partial charge in [0, 0.05) is 6.54 Å². The fourth-order valence-electron chi connectivity index (χ4n) is 2.35. The highest BCUT2D eigenvalue weighted by molar-refractivity contribution is 7.91. The Kier molecular flexibility index (Phi) is 5.34. The first-order valence-electron chi connectivity index (χ1n) is 7.08. The average molecular weight is 308 g/mol. The summed E-state index contributed by atoms with van der Waals surface area (Å²) in [7, 11) is -3.36. The zero-order chi connectivity index (χ0) is 15.3. The molecular formula is C15H20N2O3S. The second kappa shape index (κ2) is 7.03. The molecule has 0 bridgehead atoms. The normalized spacial score (nSPS) is 22.7. The number of sulfone groups is 1. The molecule has 1 fully saturated rings. The second-order valence-corrected chi connectivity index (χ2v) is 7.44. The number of hydrogen-bond donors (Lipinski definition) is 1. The Bertz CT molecular complexity index is 605. The summed E-state index contributed by atoms with van der Waals surface area (Å²) in [5, 5.41) is 12.0. The minimum atomic E-state index is -3.36. The van der Waals surface area contributed by atoms with E-state index in [-0.39, 0.29) is 23.4 Å². The van der Waals surface area contributed by atoms with Crippen LogP contribution in [0.3, 0.4) is 0 Å². The van der Waals surface area contributed by atoms with Crippen LogP contribution in [-0.4, -0.2) is 40.0 Å². The summed E-state index contributed by atoms with van der Waals surface area (Å²) in [4.78, 5) is 0.236. The van der Waals surface area contributed by atoms with Gasteiger partial charge in [0.1, 0.15) is 0 Å². The Hall–Kier alpha value is -1.42. The lowest BCUT2D eigenvalue weighted by Crippen LogP contribution is -2.41. The van der Waals surface area contributed by atoms with Crippen LogP contribution < -0.4 is 5.32 Å². The standard InChI is InChI=1S/C15H20N2O3S/c1-12-6-7-17-11-15(12)20-8-9-21(18,19)14-4-2-13(10-16)3-5-14/h2-5,12,15,17H,6-9,11H2,1H3. The lowest BCUT2D eigenvalue weighted by molar-refractivity contribution is 0.0124. The average Bonchev–Trinajstić information content (AvgIpc) is 2.49. The third-order valence-electron chi connectivity index (χ3n) is 3.78. The molecule has 0 saturated carbocycles. The van der Waals surface area contributed by atoms with E-state index in [4.69, 9.17) is 10.00 Å². The molecule has 1 aliphatic heterocycles. The number of ether oxygens (including phenoxy) is 1. The molecule has 0 spiro atoms. The molecule has 2 unspecified atom stereocenters. The monoisotopic (exact) mass is 308 g/mol. The second-order valence-electron chi connectivity index (χ2n) is 5.33. The first-order valence-corrected chi connectivity index (χ1v) is 8.73. The summed E-state index contributed by atoms with van der Waals surface area (Å²) in [6.07, 6.45) is 1.13. The van der Waals surface area contributed by atoms with Crippen molar-refractivity contribution in [1.82, 2.24) is 5.32 Å². The highest BCUT2D eigenvalue weighted by atomic mass is 32.2. The molecule has 0 radical (unpaired) electrons. The Labute approximate surface area is 125 Å². The van der Waals surface area contributed by atoms with Gasteiger partial charge in [0.2, 0.25) is 0 Å². The van der Waals surface area contributed by atoms with Gasteiger partial charge in [-0.3, -0.25) is 0 Å². The quantitative estimate of drug-likeness (QED) is 0.888. The summed E-state index contributed by atoms with van der Waals surface area (Å²) in [5.74, 6) is 0.408. The van der Waals surface area contributed by atoms with Gasteiger partial charge in [-0.2, -0.15) is 5.26 Å². The molecule has 2 atom stereocenters. The van der Waals surface area contributed by atoms with Crippen molar-refractivity contribution in [1.29, 1.82) is 5.26 Å². The number of nitriles is 1. The molecule has 0 aromatic heterocycles. The van der Waals surface area contributed by atoms with Gasteiger partial charge >= 0.3 is 0 Å². The highest BCUT2D eigenvalue weighted by Gasteiger charge is 2.22. The van der Waals surface area contributed by atoms with E-state index in [1.807, 2.05) is 6.07 Å².